The van der Waals surface area contributed by atoms with Gasteiger partial charge in [0.15, 0.2) is 6.04 Å². The second kappa shape index (κ2) is 8.35. The van der Waals surface area contributed by atoms with Crippen molar-refractivity contribution in [1.82, 2.24) is 5.32 Å². The summed E-state index contributed by atoms with van der Waals surface area (Å²) < 4.78 is 15.5. The number of hydrogen-bond donors (Lipinski definition) is 2. The predicted molar refractivity (Wildman–Crippen MR) is 76.4 cm³/mol. The lowest BCUT2D eigenvalue weighted by atomic mass is 10.2. The Morgan fingerprint density at radius 2 is 2.14 bits per heavy atom. The summed E-state index contributed by atoms with van der Waals surface area (Å²) in [6.45, 7) is 1.01. The zero-order valence-electron chi connectivity index (χ0n) is 12.1. The maximum absolute atomic E-state index is 11.7. The fourth-order valence-corrected chi connectivity index (χ4v) is 1.96. The standard InChI is InChI=1S/C15H19NO6/c17-14(18)13(10-21-12-6-7-20-9-12)16-15(19)22-8-11-4-2-1-3-5-11/h1-5,12-13H,6-10H2,(H,16,19)(H,17,18). The Hall–Kier alpha value is -2.12. The van der Waals surface area contributed by atoms with E-state index in [0.717, 1.165) is 12.0 Å². The van der Waals surface area contributed by atoms with Crippen molar-refractivity contribution in [2.75, 3.05) is 19.8 Å². The van der Waals surface area contributed by atoms with Crippen molar-refractivity contribution in [3.05, 3.63) is 35.9 Å². The number of hydrogen-bond acceptors (Lipinski definition) is 5. The molecule has 0 radical (unpaired) electrons. The van der Waals surface area contributed by atoms with Gasteiger partial charge in [0, 0.05) is 6.61 Å². The Morgan fingerprint density at radius 1 is 1.36 bits per heavy atom. The van der Waals surface area contributed by atoms with Crippen LogP contribution in [0, 0.1) is 0 Å². The van der Waals surface area contributed by atoms with Crippen molar-refractivity contribution < 1.29 is 28.9 Å². The van der Waals surface area contributed by atoms with E-state index in [1.165, 1.54) is 0 Å². The quantitative estimate of drug-likeness (QED) is 0.785. The fourth-order valence-electron chi connectivity index (χ4n) is 1.96. The van der Waals surface area contributed by atoms with E-state index < -0.39 is 18.1 Å². The van der Waals surface area contributed by atoms with Crippen LogP contribution in [0.3, 0.4) is 0 Å². The highest BCUT2D eigenvalue weighted by atomic mass is 16.6. The van der Waals surface area contributed by atoms with E-state index >= 15 is 0 Å². The summed E-state index contributed by atoms with van der Waals surface area (Å²) in [5.41, 5.74) is 0.823. The molecule has 1 amide bonds. The summed E-state index contributed by atoms with van der Waals surface area (Å²) in [6, 6.07) is 7.98. The van der Waals surface area contributed by atoms with E-state index in [2.05, 4.69) is 5.32 Å². The Kier molecular flexibility index (Phi) is 6.17. The highest BCUT2D eigenvalue weighted by molar-refractivity contribution is 5.80. The van der Waals surface area contributed by atoms with Gasteiger partial charge in [-0.1, -0.05) is 30.3 Å². The third-order valence-electron chi connectivity index (χ3n) is 3.19. The van der Waals surface area contributed by atoms with Gasteiger partial charge < -0.3 is 24.6 Å². The molecule has 7 nitrogen and oxygen atoms in total. The predicted octanol–water partition coefficient (Wildman–Crippen LogP) is 1.17. The number of carbonyl (C=O) groups excluding carboxylic acids is 1. The summed E-state index contributed by atoms with van der Waals surface area (Å²) in [7, 11) is 0. The molecule has 1 saturated heterocycles. The summed E-state index contributed by atoms with van der Waals surface area (Å²) >= 11 is 0. The highest BCUT2D eigenvalue weighted by Gasteiger charge is 2.24. The minimum atomic E-state index is -1.17. The normalized spacial score (nSPS) is 18.6. The number of carboxylic acids is 1. The van der Waals surface area contributed by atoms with Crippen LogP contribution in [0.1, 0.15) is 12.0 Å². The Balaban J connectivity index is 1.74. The number of carbonyl (C=O) groups is 2. The molecule has 2 atom stereocenters. The van der Waals surface area contributed by atoms with E-state index in [4.69, 9.17) is 19.3 Å². The van der Waals surface area contributed by atoms with E-state index in [0.29, 0.717) is 13.2 Å². The van der Waals surface area contributed by atoms with Gasteiger partial charge in [-0.15, -0.1) is 0 Å². The number of amides is 1. The van der Waals surface area contributed by atoms with Gasteiger partial charge in [-0.2, -0.15) is 0 Å². The summed E-state index contributed by atoms with van der Waals surface area (Å²) in [5, 5.41) is 11.4. The molecule has 1 aliphatic heterocycles. The van der Waals surface area contributed by atoms with Gasteiger partial charge >= 0.3 is 12.1 Å². The van der Waals surface area contributed by atoms with Crippen LogP contribution in [0.4, 0.5) is 4.79 Å². The van der Waals surface area contributed by atoms with Crippen LogP contribution in [0.25, 0.3) is 0 Å². The second-order valence-corrected chi connectivity index (χ2v) is 4.92. The second-order valence-electron chi connectivity index (χ2n) is 4.92. The number of nitrogens with one attached hydrogen (secondary N) is 1. The Bertz CT molecular complexity index is 486. The van der Waals surface area contributed by atoms with Crippen molar-refractivity contribution in [2.24, 2.45) is 0 Å². The highest BCUT2D eigenvalue weighted by Crippen LogP contribution is 2.08. The Morgan fingerprint density at radius 3 is 2.77 bits per heavy atom. The third kappa shape index (κ3) is 5.34. The molecule has 1 aromatic rings. The number of alkyl carbamates (subject to hydrolysis) is 1. The molecule has 0 saturated carbocycles. The minimum Gasteiger partial charge on any atom is -0.480 e. The van der Waals surface area contributed by atoms with E-state index in [9.17, 15) is 9.59 Å². The molecular formula is C15H19NO6. The van der Waals surface area contributed by atoms with E-state index in [1.54, 1.807) is 0 Å². The number of carboxylic acid groups (broad SMARTS) is 1. The van der Waals surface area contributed by atoms with Crippen LogP contribution in [-0.2, 0) is 25.6 Å². The van der Waals surface area contributed by atoms with Crippen LogP contribution in [0.5, 0.6) is 0 Å². The van der Waals surface area contributed by atoms with Crippen molar-refractivity contribution in [2.45, 2.75) is 25.2 Å². The molecule has 0 spiro atoms. The van der Waals surface area contributed by atoms with Crippen molar-refractivity contribution in [3.63, 3.8) is 0 Å². The van der Waals surface area contributed by atoms with Gasteiger partial charge in [-0.25, -0.2) is 9.59 Å². The first-order valence-corrected chi connectivity index (χ1v) is 7.04. The third-order valence-corrected chi connectivity index (χ3v) is 3.19. The molecular weight excluding hydrogens is 290 g/mol. The first kappa shape index (κ1) is 16.3. The number of benzene rings is 1. The average molecular weight is 309 g/mol. The first-order valence-electron chi connectivity index (χ1n) is 7.04. The molecule has 120 valence electrons. The lowest BCUT2D eigenvalue weighted by molar-refractivity contribution is -0.141. The number of rotatable bonds is 7. The van der Waals surface area contributed by atoms with Gasteiger partial charge in [-0.3, -0.25) is 0 Å². The molecule has 2 unspecified atom stereocenters. The van der Waals surface area contributed by atoms with Crippen LogP contribution in [-0.4, -0.2) is 49.1 Å². The maximum atomic E-state index is 11.7. The van der Waals surface area contributed by atoms with Gasteiger partial charge in [0.25, 0.3) is 0 Å². The molecule has 1 heterocycles. The SMILES string of the molecule is O=C(NC(COC1CCOC1)C(=O)O)OCc1ccccc1. The summed E-state index contributed by atoms with van der Waals surface area (Å²) in [6.07, 6.45) is -0.184. The van der Waals surface area contributed by atoms with Crippen LogP contribution >= 0.6 is 0 Å². The van der Waals surface area contributed by atoms with Gasteiger partial charge in [0.1, 0.15) is 6.61 Å². The zero-order chi connectivity index (χ0) is 15.8. The Labute approximate surface area is 128 Å². The lowest BCUT2D eigenvalue weighted by Crippen LogP contribution is -2.45. The molecule has 1 aliphatic rings. The van der Waals surface area contributed by atoms with E-state index in [-0.39, 0.29) is 19.3 Å². The van der Waals surface area contributed by atoms with E-state index in [1.807, 2.05) is 30.3 Å². The first-order chi connectivity index (χ1) is 10.6. The molecule has 0 aromatic heterocycles. The smallest absolute Gasteiger partial charge is 0.408 e. The molecule has 0 aliphatic carbocycles. The summed E-state index contributed by atoms with van der Waals surface area (Å²) in [4.78, 5) is 22.8. The van der Waals surface area contributed by atoms with Crippen molar-refractivity contribution in [1.29, 1.82) is 0 Å². The lowest BCUT2D eigenvalue weighted by Gasteiger charge is -2.17. The van der Waals surface area contributed by atoms with Crippen molar-refractivity contribution in [3.8, 4) is 0 Å². The summed E-state index contributed by atoms with van der Waals surface area (Å²) in [5.74, 6) is -1.17. The topological polar surface area (TPSA) is 94.1 Å². The van der Waals surface area contributed by atoms with Gasteiger partial charge in [0.2, 0.25) is 0 Å². The molecule has 2 rings (SSSR count). The maximum Gasteiger partial charge on any atom is 0.408 e. The van der Waals surface area contributed by atoms with Crippen LogP contribution < -0.4 is 5.32 Å². The van der Waals surface area contributed by atoms with Crippen LogP contribution in [0.2, 0.25) is 0 Å². The minimum absolute atomic E-state index is 0.0797. The average Bonchev–Trinajstić information content (AvgIpc) is 3.03. The van der Waals surface area contributed by atoms with Gasteiger partial charge in [0.05, 0.1) is 19.3 Å². The fraction of sp³-hybridized carbons (Fsp3) is 0.467. The number of ether oxygens (including phenoxy) is 3. The molecule has 0 bridgehead atoms. The zero-order valence-corrected chi connectivity index (χ0v) is 12.1. The molecule has 1 fully saturated rings. The molecule has 2 N–H and O–H groups in total. The molecule has 1 aromatic carbocycles. The largest absolute Gasteiger partial charge is 0.480 e. The van der Waals surface area contributed by atoms with Gasteiger partial charge in [-0.05, 0) is 12.0 Å². The number of aliphatic carboxylic acids is 1. The molecule has 22 heavy (non-hydrogen) atoms. The van der Waals surface area contributed by atoms with Crippen molar-refractivity contribution >= 4 is 12.1 Å². The van der Waals surface area contributed by atoms with Crippen LogP contribution in [0.15, 0.2) is 30.3 Å². The monoisotopic (exact) mass is 309 g/mol. The molecule has 7 heteroatoms.